The highest BCUT2D eigenvalue weighted by Gasteiger charge is 1.92. The fourth-order valence-corrected chi connectivity index (χ4v) is 0.300. The van der Waals surface area contributed by atoms with Crippen LogP contribution in [0.15, 0.2) is 5.10 Å². The Kier molecular flexibility index (Phi) is 3.73. The number of nitrogens with two attached hydrogens (primary N) is 3. The monoisotopic (exact) mass is 146 g/mol. The van der Waals surface area contributed by atoms with Crippen molar-refractivity contribution in [1.29, 1.82) is 0 Å². The molecule has 7 heteroatoms. The van der Waals surface area contributed by atoms with Crippen LogP contribution in [0.1, 0.15) is 0 Å². The fourth-order valence-electron chi connectivity index (χ4n) is 0.300. The Balaban J connectivity index is 3.48. The summed E-state index contributed by atoms with van der Waals surface area (Å²) in [6, 6.07) is -0.657. The SMILES string of the molecule is NN/N=C(\N)CNC(N)=O. The first-order valence-corrected chi connectivity index (χ1v) is 2.47. The second-order valence-electron chi connectivity index (χ2n) is 1.45. The number of urea groups is 1. The second kappa shape index (κ2) is 4.39. The molecule has 0 saturated carbocycles. The molecule has 0 aromatic rings. The van der Waals surface area contributed by atoms with Crippen molar-refractivity contribution in [3.8, 4) is 0 Å². The molecule has 0 atom stereocenters. The van der Waals surface area contributed by atoms with E-state index < -0.39 is 6.03 Å². The Bertz CT molecular complexity index is 142. The maximum atomic E-state index is 10.1. The van der Waals surface area contributed by atoms with Crippen LogP contribution in [0.2, 0.25) is 0 Å². The van der Waals surface area contributed by atoms with Gasteiger partial charge in [-0.15, -0.1) is 0 Å². The van der Waals surface area contributed by atoms with Crippen molar-refractivity contribution in [2.24, 2.45) is 22.4 Å². The van der Waals surface area contributed by atoms with Crippen LogP contribution in [0, 0.1) is 0 Å². The lowest BCUT2D eigenvalue weighted by molar-refractivity contribution is 0.250. The van der Waals surface area contributed by atoms with Gasteiger partial charge in [0, 0.05) is 0 Å². The van der Waals surface area contributed by atoms with Gasteiger partial charge in [-0.2, -0.15) is 5.10 Å². The van der Waals surface area contributed by atoms with E-state index in [2.05, 4.69) is 10.4 Å². The van der Waals surface area contributed by atoms with Crippen LogP contribution in [-0.4, -0.2) is 18.4 Å². The molecule has 58 valence electrons. The third-order valence-electron chi connectivity index (χ3n) is 0.652. The van der Waals surface area contributed by atoms with Crippen molar-refractivity contribution in [3.63, 3.8) is 0 Å². The van der Waals surface area contributed by atoms with Crippen LogP contribution in [-0.2, 0) is 0 Å². The van der Waals surface area contributed by atoms with Gasteiger partial charge in [0.25, 0.3) is 0 Å². The molecule has 0 rings (SSSR count). The van der Waals surface area contributed by atoms with Gasteiger partial charge in [-0.25, -0.2) is 16.2 Å². The summed E-state index contributed by atoms with van der Waals surface area (Å²) in [5, 5.41) is 5.57. The lowest BCUT2D eigenvalue weighted by Crippen LogP contribution is -2.38. The Morgan fingerprint density at radius 2 is 2.10 bits per heavy atom. The Labute approximate surface area is 57.6 Å². The molecular formula is C3H10N6O. The van der Waals surface area contributed by atoms with Crippen LogP contribution >= 0.6 is 0 Å². The molecule has 0 saturated heterocycles. The maximum Gasteiger partial charge on any atom is 0.312 e. The van der Waals surface area contributed by atoms with E-state index in [4.69, 9.17) is 17.3 Å². The maximum absolute atomic E-state index is 10.1. The van der Waals surface area contributed by atoms with E-state index in [-0.39, 0.29) is 12.4 Å². The van der Waals surface area contributed by atoms with Gasteiger partial charge in [0.05, 0.1) is 6.54 Å². The molecule has 0 aliphatic rings. The van der Waals surface area contributed by atoms with Gasteiger partial charge in [-0.3, -0.25) is 0 Å². The van der Waals surface area contributed by atoms with E-state index in [0.717, 1.165) is 0 Å². The average molecular weight is 146 g/mol. The zero-order valence-electron chi connectivity index (χ0n) is 5.29. The number of hydrogen-bond acceptors (Lipinski definition) is 4. The number of primary amides is 1. The van der Waals surface area contributed by atoms with Crippen molar-refractivity contribution in [3.05, 3.63) is 0 Å². The molecule has 0 aromatic heterocycles. The first-order chi connectivity index (χ1) is 4.66. The molecule has 0 unspecified atom stereocenters. The fraction of sp³-hybridized carbons (Fsp3) is 0.333. The van der Waals surface area contributed by atoms with Gasteiger partial charge in [0.1, 0.15) is 5.84 Å². The highest BCUT2D eigenvalue weighted by atomic mass is 16.2. The Morgan fingerprint density at radius 1 is 1.50 bits per heavy atom. The third-order valence-corrected chi connectivity index (χ3v) is 0.652. The second-order valence-corrected chi connectivity index (χ2v) is 1.45. The molecule has 0 radical (unpaired) electrons. The summed E-state index contributed by atoms with van der Waals surface area (Å²) in [6.07, 6.45) is 0. The van der Waals surface area contributed by atoms with Crippen molar-refractivity contribution in [1.82, 2.24) is 10.9 Å². The van der Waals surface area contributed by atoms with Gasteiger partial charge in [-0.05, 0) is 0 Å². The van der Waals surface area contributed by atoms with Gasteiger partial charge < -0.3 is 16.8 Å². The van der Waals surface area contributed by atoms with E-state index in [1.54, 1.807) is 0 Å². The number of nitrogens with one attached hydrogen (secondary N) is 2. The number of hydrazine groups is 1. The predicted molar refractivity (Wildman–Crippen MR) is 36.5 cm³/mol. The number of hydrogen-bond donors (Lipinski definition) is 5. The Morgan fingerprint density at radius 3 is 2.50 bits per heavy atom. The first-order valence-electron chi connectivity index (χ1n) is 2.47. The topological polar surface area (TPSA) is 132 Å². The number of carbonyl (C=O) groups is 1. The summed E-state index contributed by atoms with van der Waals surface area (Å²) in [5.41, 5.74) is 11.9. The number of amidine groups is 1. The van der Waals surface area contributed by atoms with Crippen LogP contribution in [0.25, 0.3) is 0 Å². The number of nitrogens with zero attached hydrogens (tertiary/aromatic N) is 1. The first kappa shape index (κ1) is 8.50. The largest absolute Gasteiger partial charge is 0.384 e. The van der Waals surface area contributed by atoms with E-state index in [1.165, 1.54) is 0 Å². The average Bonchev–Trinajstić information content (AvgIpc) is 1.85. The molecule has 0 spiro atoms. The van der Waals surface area contributed by atoms with Gasteiger partial charge in [-0.1, -0.05) is 0 Å². The molecule has 7 nitrogen and oxygen atoms in total. The minimum absolute atomic E-state index is 0.0829. The predicted octanol–water partition coefficient (Wildman–Crippen LogP) is -2.61. The molecular weight excluding hydrogens is 136 g/mol. The quantitative estimate of drug-likeness (QED) is 0.129. The van der Waals surface area contributed by atoms with Gasteiger partial charge in [0.2, 0.25) is 0 Å². The zero-order chi connectivity index (χ0) is 7.98. The molecule has 8 N–H and O–H groups in total. The van der Waals surface area contributed by atoms with Crippen molar-refractivity contribution in [2.75, 3.05) is 6.54 Å². The lowest BCUT2D eigenvalue weighted by atomic mass is 10.6. The van der Waals surface area contributed by atoms with Crippen molar-refractivity contribution >= 4 is 11.9 Å². The Hall–Kier alpha value is -1.50. The van der Waals surface area contributed by atoms with E-state index in [9.17, 15) is 4.79 Å². The third kappa shape index (κ3) is 4.65. The van der Waals surface area contributed by atoms with Crippen LogP contribution in [0.5, 0.6) is 0 Å². The lowest BCUT2D eigenvalue weighted by Gasteiger charge is -1.99. The molecule has 10 heavy (non-hydrogen) atoms. The van der Waals surface area contributed by atoms with Crippen LogP contribution in [0.4, 0.5) is 4.79 Å². The minimum atomic E-state index is -0.657. The van der Waals surface area contributed by atoms with E-state index in [1.807, 2.05) is 5.53 Å². The summed E-state index contributed by atoms with van der Waals surface area (Å²) in [6.45, 7) is 0.0829. The number of amides is 2. The standard InChI is InChI=1S/C3H10N6O/c4-2(8-9-6)1-7-3(5)10/h9H,1,6H2,(H2,4,8)(H3,5,7,10). The molecule has 0 aliphatic carbocycles. The summed E-state index contributed by atoms with van der Waals surface area (Å²) in [4.78, 5) is 10.1. The summed E-state index contributed by atoms with van der Waals surface area (Å²) >= 11 is 0. The van der Waals surface area contributed by atoms with Crippen molar-refractivity contribution in [2.45, 2.75) is 0 Å². The minimum Gasteiger partial charge on any atom is -0.384 e. The smallest absolute Gasteiger partial charge is 0.312 e. The van der Waals surface area contributed by atoms with Gasteiger partial charge >= 0.3 is 6.03 Å². The molecule has 0 heterocycles. The molecule has 0 aromatic carbocycles. The number of hydrazone groups is 1. The molecule has 0 bridgehead atoms. The number of carbonyl (C=O) groups excluding carboxylic acids is 1. The molecule has 0 aliphatic heterocycles. The van der Waals surface area contributed by atoms with E-state index in [0.29, 0.717) is 0 Å². The summed E-state index contributed by atoms with van der Waals surface area (Å²) < 4.78 is 0. The molecule has 0 fully saturated rings. The summed E-state index contributed by atoms with van der Waals surface area (Å²) in [7, 11) is 0. The number of rotatable bonds is 3. The normalized spacial score (nSPS) is 10.7. The zero-order valence-corrected chi connectivity index (χ0v) is 5.29. The summed E-state index contributed by atoms with van der Waals surface area (Å²) in [5.74, 6) is 4.93. The van der Waals surface area contributed by atoms with Crippen LogP contribution in [0.3, 0.4) is 0 Å². The van der Waals surface area contributed by atoms with E-state index >= 15 is 0 Å². The highest BCUT2D eigenvalue weighted by Crippen LogP contribution is 1.60. The van der Waals surface area contributed by atoms with Crippen LogP contribution < -0.4 is 28.2 Å². The highest BCUT2D eigenvalue weighted by molar-refractivity contribution is 5.85. The van der Waals surface area contributed by atoms with Gasteiger partial charge in [0.15, 0.2) is 0 Å². The van der Waals surface area contributed by atoms with Crippen molar-refractivity contribution < 1.29 is 4.79 Å². The molecule has 2 amide bonds.